The van der Waals surface area contributed by atoms with E-state index < -0.39 is 10.0 Å². The Kier molecular flexibility index (Phi) is 5.98. The van der Waals surface area contributed by atoms with Crippen molar-refractivity contribution in [2.24, 2.45) is 11.8 Å². The van der Waals surface area contributed by atoms with E-state index in [2.05, 4.69) is 4.72 Å². The van der Waals surface area contributed by atoms with E-state index >= 15 is 0 Å². The number of likely N-dealkylation sites (tertiary alicyclic amines) is 1. The summed E-state index contributed by atoms with van der Waals surface area (Å²) in [5, 5.41) is 0. The van der Waals surface area contributed by atoms with Crippen molar-refractivity contribution in [3.05, 3.63) is 29.3 Å². The Morgan fingerprint density at radius 1 is 1.15 bits per heavy atom. The van der Waals surface area contributed by atoms with Gasteiger partial charge in [0.2, 0.25) is 21.8 Å². The van der Waals surface area contributed by atoms with Crippen LogP contribution in [-0.4, -0.2) is 45.4 Å². The molecule has 0 aromatic heterocycles. The maximum atomic E-state index is 12.6. The minimum absolute atomic E-state index is 0.117. The average Bonchev–Trinajstić information content (AvgIpc) is 2.88. The molecule has 0 bridgehead atoms. The van der Waals surface area contributed by atoms with Crippen LogP contribution in [0.4, 0.5) is 0 Å². The first-order chi connectivity index (χ1) is 12.8. The van der Waals surface area contributed by atoms with E-state index in [1.807, 2.05) is 0 Å². The standard InChI is InChI=1S/C19H26N2O5S/c1-13-7-8-14(11-17(13)27(24,25)20-9-10-26-2)12-21-18(22)15-5-3-4-6-16(15)19(21)23/h7-8,11,15-16,20H,3-6,9-10,12H2,1-2H3/t15-,16+. The molecule has 148 valence electrons. The molecular weight excluding hydrogens is 368 g/mol. The predicted octanol–water partition coefficient (Wildman–Crippen LogP) is 1.59. The van der Waals surface area contributed by atoms with Crippen LogP contribution in [-0.2, 0) is 30.9 Å². The zero-order chi connectivity index (χ0) is 19.6. The predicted molar refractivity (Wildman–Crippen MR) is 99.2 cm³/mol. The van der Waals surface area contributed by atoms with Gasteiger partial charge in [0.05, 0.1) is 29.9 Å². The molecule has 0 unspecified atom stereocenters. The van der Waals surface area contributed by atoms with E-state index in [4.69, 9.17) is 4.74 Å². The highest BCUT2D eigenvalue weighted by molar-refractivity contribution is 7.89. The number of sulfonamides is 1. The molecule has 0 radical (unpaired) electrons. The topological polar surface area (TPSA) is 92.8 Å². The number of nitrogens with one attached hydrogen (secondary N) is 1. The fourth-order valence-electron chi connectivity index (χ4n) is 3.96. The van der Waals surface area contributed by atoms with Crippen molar-refractivity contribution < 1.29 is 22.7 Å². The van der Waals surface area contributed by atoms with Crippen LogP contribution in [0, 0.1) is 18.8 Å². The van der Waals surface area contributed by atoms with Crippen LogP contribution >= 0.6 is 0 Å². The maximum absolute atomic E-state index is 12.6. The number of benzene rings is 1. The SMILES string of the molecule is COCCNS(=O)(=O)c1cc(CN2C(=O)[C@H]3CCCC[C@H]3C2=O)ccc1C. The molecule has 2 fully saturated rings. The second-order valence-corrected chi connectivity index (χ2v) is 8.99. The minimum Gasteiger partial charge on any atom is -0.383 e. The number of fused-ring (bicyclic) bond motifs is 1. The lowest BCUT2D eigenvalue weighted by molar-refractivity contribution is -0.140. The molecule has 1 aromatic carbocycles. The number of carbonyl (C=O) groups excluding carboxylic acids is 2. The van der Waals surface area contributed by atoms with Crippen molar-refractivity contribution >= 4 is 21.8 Å². The molecule has 7 nitrogen and oxygen atoms in total. The number of rotatable bonds is 7. The molecule has 1 aromatic rings. The molecule has 2 aliphatic rings. The number of aryl methyl sites for hydroxylation is 1. The van der Waals surface area contributed by atoms with Crippen molar-refractivity contribution in [1.82, 2.24) is 9.62 Å². The third-order valence-corrected chi connectivity index (χ3v) is 7.02. The number of imide groups is 1. The summed E-state index contributed by atoms with van der Waals surface area (Å²) >= 11 is 0. The van der Waals surface area contributed by atoms with Crippen molar-refractivity contribution in [2.45, 2.75) is 44.0 Å². The number of carbonyl (C=O) groups is 2. The number of amides is 2. The zero-order valence-corrected chi connectivity index (χ0v) is 16.5. The molecule has 3 rings (SSSR count). The van der Waals surface area contributed by atoms with E-state index in [1.54, 1.807) is 25.1 Å². The molecule has 0 spiro atoms. The number of hydrogen-bond acceptors (Lipinski definition) is 5. The summed E-state index contributed by atoms with van der Waals surface area (Å²) in [7, 11) is -2.18. The van der Waals surface area contributed by atoms with Gasteiger partial charge >= 0.3 is 0 Å². The van der Waals surface area contributed by atoms with Gasteiger partial charge in [0.1, 0.15) is 0 Å². The van der Waals surface area contributed by atoms with Crippen LogP contribution in [0.15, 0.2) is 23.1 Å². The molecule has 1 aliphatic carbocycles. The summed E-state index contributed by atoms with van der Waals surface area (Å²) in [6, 6.07) is 5.03. The molecule has 1 aliphatic heterocycles. The Labute approximate surface area is 160 Å². The van der Waals surface area contributed by atoms with Gasteiger partial charge in [0, 0.05) is 13.7 Å². The molecule has 2 atom stereocenters. The molecule has 2 amide bonds. The Balaban J connectivity index is 1.80. The van der Waals surface area contributed by atoms with Crippen molar-refractivity contribution in [3.63, 3.8) is 0 Å². The first kappa shape index (κ1) is 20.0. The Morgan fingerprint density at radius 2 is 1.78 bits per heavy atom. The second-order valence-electron chi connectivity index (χ2n) is 7.25. The fourth-order valence-corrected chi connectivity index (χ4v) is 5.26. The van der Waals surface area contributed by atoms with Crippen LogP contribution in [0.3, 0.4) is 0 Å². The van der Waals surface area contributed by atoms with Gasteiger partial charge in [0.15, 0.2) is 0 Å². The monoisotopic (exact) mass is 394 g/mol. The lowest BCUT2D eigenvalue weighted by Gasteiger charge is -2.19. The van der Waals surface area contributed by atoms with Gasteiger partial charge in [-0.15, -0.1) is 0 Å². The third kappa shape index (κ3) is 4.07. The third-order valence-electron chi connectivity index (χ3n) is 5.41. The Bertz CT molecular complexity index is 813. The van der Waals surface area contributed by atoms with E-state index in [0.717, 1.165) is 25.7 Å². The summed E-state index contributed by atoms with van der Waals surface area (Å²) < 4.78 is 32.4. The van der Waals surface area contributed by atoms with Crippen LogP contribution in [0.5, 0.6) is 0 Å². The van der Waals surface area contributed by atoms with Crippen molar-refractivity contribution in [3.8, 4) is 0 Å². The van der Waals surface area contributed by atoms with E-state index in [9.17, 15) is 18.0 Å². The lowest BCUT2D eigenvalue weighted by Crippen LogP contribution is -2.31. The van der Waals surface area contributed by atoms with Crippen LogP contribution < -0.4 is 4.72 Å². The minimum atomic E-state index is -3.69. The average molecular weight is 394 g/mol. The molecule has 1 saturated carbocycles. The van der Waals surface area contributed by atoms with Gasteiger partial charge in [-0.25, -0.2) is 13.1 Å². The summed E-state index contributed by atoms with van der Waals surface area (Å²) in [6.45, 7) is 2.29. The highest BCUT2D eigenvalue weighted by Crippen LogP contribution is 2.38. The lowest BCUT2D eigenvalue weighted by atomic mass is 9.81. The smallest absolute Gasteiger partial charge is 0.240 e. The van der Waals surface area contributed by atoms with Crippen LogP contribution in [0.1, 0.15) is 36.8 Å². The van der Waals surface area contributed by atoms with Gasteiger partial charge in [-0.2, -0.15) is 0 Å². The molecule has 1 heterocycles. The van der Waals surface area contributed by atoms with Crippen LogP contribution in [0.2, 0.25) is 0 Å². The molecule has 1 N–H and O–H groups in total. The Morgan fingerprint density at radius 3 is 2.37 bits per heavy atom. The zero-order valence-electron chi connectivity index (χ0n) is 15.7. The van der Waals surface area contributed by atoms with E-state index in [0.29, 0.717) is 11.1 Å². The first-order valence-corrected chi connectivity index (χ1v) is 10.8. The summed E-state index contributed by atoms with van der Waals surface area (Å²) in [5.41, 5.74) is 1.24. The highest BCUT2D eigenvalue weighted by atomic mass is 32.2. The van der Waals surface area contributed by atoms with Crippen molar-refractivity contribution in [2.75, 3.05) is 20.3 Å². The number of hydrogen-bond donors (Lipinski definition) is 1. The fraction of sp³-hybridized carbons (Fsp3) is 0.579. The Hall–Kier alpha value is -1.77. The summed E-state index contributed by atoms with van der Waals surface area (Å²) in [4.78, 5) is 26.7. The molecular formula is C19H26N2O5S. The summed E-state index contributed by atoms with van der Waals surface area (Å²) in [6.07, 6.45) is 3.49. The normalized spacial score (nSPS) is 23.0. The van der Waals surface area contributed by atoms with E-state index in [-0.39, 0.29) is 48.2 Å². The van der Waals surface area contributed by atoms with E-state index in [1.165, 1.54) is 12.0 Å². The molecule has 27 heavy (non-hydrogen) atoms. The highest BCUT2D eigenvalue weighted by Gasteiger charge is 2.47. The van der Waals surface area contributed by atoms with Crippen LogP contribution in [0.25, 0.3) is 0 Å². The molecule has 8 heteroatoms. The van der Waals surface area contributed by atoms with Gasteiger partial charge in [-0.3, -0.25) is 14.5 Å². The second kappa shape index (κ2) is 8.08. The summed E-state index contributed by atoms with van der Waals surface area (Å²) in [5.74, 6) is -0.632. The largest absolute Gasteiger partial charge is 0.383 e. The van der Waals surface area contributed by atoms with Gasteiger partial charge in [-0.1, -0.05) is 25.0 Å². The first-order valence-electron chi connectivity index (χ1n) is 9.28. The quantitative estimate of drug-likeness (QED) is 0.560. The molecule has 1 saturated heterocycles. The number of nitrogens with zero attached hydrogens (tertiary/aromatic N) is 1. The van der Waals surface area contributed by atoms with Gasteiger partial charge in [0.25, 0.3) is 0 Å². The number of methoxy groups -OCH3 is 1. The van der Waals surface area contributed by atoms with Crippen molar-refractivity contribution in [1.29, 1.82) is 0 Å². The van der Waals surface area contributed by atoms with Gasteiger partial charge < -0.3 is 4.74 Å². The number of ether oxygens (including phenoxy) is 1. The van der Waals surface area contributed by atoms with Gasteiger partial charge in [-0.05, 0) is 37.0 Å². The maximum Gasteiger partial charge on any atom is 0.240 e.